The third kappa shape index (κ3) is 3.34. The molecular weight excluding hydrogens is 283 g/mol. The molecule has 0 aromatic carbocycles. The summed E-state index contributed by atoms with van der Waals surface area (Å²) in [7, 11) is 0. The number of carbonyl (C=O) groups excluding carboxylic acids is 1. The topological polar surface area (TPSA) is 46.1 Å². The first-order valence-corrected chi connectivity index (χ1v) is 6.09. The number of aromatic nitrogens is 2. The molecule has 1 aromatic rings. The number of amides is 1. The minimum absolute atomic E-state index is 0.0537. The molecule has 2 rings (SSSR count). The maximum absolute atomic E-state index is 12.5. The van der Waals surface area contributed by atoms with E-state index in [1.807, 2.05) is 0 Å². The number of nitrogens with zero attached hydrogens (tertiary/aromatic N) is 3. The normalized spacial score (nSPS) is 17.6. The molecule has 1 amide bonds. The van der Waals surface area contributed by atoms with Gasteiger partial charge in [0, 0.05) is 13.1 Å². The Morgan fingerprint density at radius 2 is 1.95 bits per heavy atom. The first kappa shape index (κ1) is 14.0. The van der Waals surface area contributed by atoms with Crippen molar-refractivity contribution in [2.45, 2.75) is 19.0 Å². The number of carbonyl (C=O) groups is 1. The van der Waals surface area contributed by atoms with Crippen molar-refractivity contribution >= 4 is 17.5 Å². The molecule has 0 unspecified atom stereocenters. The molecule has 4 nitrogen and oxygen atoms in total. The van der Waals surface area contributed by atoms with E-state index in [0.29, 0.717) is 0 Å². The van der Waals surface area contributed by atoms with Crippen molar-refractivity contribution in [3.63, 3.8) is 0 Å². The summed E-state index contributed by atoms with van der Waals surface area (Å²) in [6.45, 7) is 0.133. The van der Waals surface area contributed by atoms with Gasteiger partial charge in [0.15, 0.2) is 0 Å². The quantitative estimate of drug-likeness (QED) is 0.799. The Balaban J connectivity index is 2.00. The first-order chi connectivity index (χ1) is 8.88. The summed E-state index contributed by atoms with van der Waals surface area (Å²) >= 11 is 5.62. The molecule has 0 bridgehead atoms. The van der Waals surface area contributed by atoms with Gasteiger partial charge < -0.3 is 4.90 Å². The van der Waals surface area contributed by atoms with Gasteiger partial charge >= 0.3 is 6.18 Å². The first-order valence-electron chi connectivity index (χ1n) is 5.71. The van der Waals surface area contributed by atoms with Crippen LogP contribution in [0.4, 0.5) is 13.2 Å². The molecule has 1 aliphatic heterocycles. The van der Waals surface area contributed by atoms with Crippen LogP contribution < -0.4 is 0 Å². The predicted molar refractivity (Wildman–Crippen MR) is 61.7 cm³/mol. The zero-order valence-corrected chi connectivity index (χ0v) is 10.6. The fourth-order valence-electron chi connectivity index (χ4n) is 2.02. The molecule has 104 valence electrons. The maximum Gasteiger partial charge on any atom is 0.391 e. The average Bonchev–Trinajstić information content (AvgIpc) is 2.37. The van der Waals surface area contributed by atoms with Crippen molar-refractivity contribution < 1.29 is 18.0 Å². The van der Waals surface area contributed by atoms with Gasteiger partial charge in [0.25, 0.3) is 5.91 Å². The molecule has 1 fully saturated rings. The Kier molecular flexibility index (Phi) is 3.93. The second kappa shape index (κ2) is 5.32. The Bertz CT molecular complexity index is 472. The van der Waals surface area contributed by atoms with Crippen LogP contribution in [0.3, 0.4) is 0 Å². The van der Waals surface area contributed by atoms with Crippen LogP contribution in [0.1, 0.15) is 23.3 Å². The second-order valence-electron chi connectivity index (χ2n) is 4.34. The average molecular weight is 294 g/mol. The molecule has 19 heavy (non-hydrogen) atoms. The van der Waals surface area contributed by atoms with E-state index in [-0.39, 0.29) is 36.8 Å². The number of hydrogen-bond donors (Lipinski definition) is 0. The van der Waals surface area contributed by atoms with Crippen LogP contribution in [0.15, 0.2) is 12.4 Å². The van der Waals surface area contributed by atoms with Crippen LogP contribution in [0.2, 0.25) is 5.15 Å². The molecule has 1 aromatic heterocycles. The van der Waals surface area contributed by atoms with Crippen LogP contribution >= 0.6 is 11.6 Å². The third-order valence-electron chi connectivity index (χ3n) is 3.07. The number of rotatable bonds is 1. The highest BCUT2D eigenvalue weighted by Gasteiger charge is 2.41. The summed E-state index contributed by atoms with van der Waals surface area (Å²) in [5, 5.41) is 0.0797. The molecule has 1 aliphatic rings. The minimum Gasteiger partial charge on any atom is -0.337 e. The third-order valence-corrected chi connectivity index (χ3v) is 3.25. The van der Waals surface area contributed by atoms with Gasteiger partial charge in [0.1, 0.15) is 10.8 Å². The molecule has 0 radical (unpaired) electrons. The van der Waals surface area contributed by atoms with Gasteiger partial charge in [-0.15, -0.1) is 0 Å². The number of piperidine rings is 1. The summed E-state index contributed by atoms with van der Waals surface area (Å²) in [5.74, 6) is -1.77. The van der Waals surface area contributed by atoms with E-state index in [1.54, 1.807) is 0 Å². The Morgan fingerprint density at radius 1 is 1.32 bits per heavy atom. The van der Waals surface area contributed by atoms with Crippen LogP contribution in [-0.2, 0) is 0 Å². The van der Waals surface area contributed by atoms with Gasteiger partial charge in [-0.2, -0.15) is 13.2 Å². The maximum atomic E-state index is 12.5. The van der Waals surface area contributed by atoms with E-state index in [1.165, 1.54) is 17.3 Å². The summed E-state index contributed by atoms with van der Waals surface area (Å²) in [6, 6.07) is 0. The van der Waals surface area contributed by atoms with Crippen LogP contribution in [-0.4, -0.2) is 40.0 Å². The van der Waals surface area contributed by atoms with Crippen LogP contribution in [0, 0.1) is 5.92 Å². The van der Waals surface area contributed by atoms with Crippen molar-refractivity contribution in [3.05, 3.63) is 23.2 Å². The van der Waals surface area contributed by atoms with Crippen molar-refractivity contribution in [1.82, 2.24) is 14.9 Å². The Hall–Kier alpha value is -1.37. The molecule has 0 atom stereocenters. The smallest absolute Gasteiger partial charge is 0.337 e. The monoisotopic (exact) mass is 293 g/mol. The molecule has 8 heteroatoms. The highest BCUT2D eigenvalue weighted by Crippen LogP contribution is 2.34. The van der Waals surface area contributed by atoms with Crippen LogP contribution in [0.5, 0.6) is 0 Å². The SMILES string of the molecule is O=C(c1cncc(Cl)n1)N1CCC(C(F)(F)F)CC1. The largest absolute Gasteiger partial charge is 0.391 e. The number of halogens is 4. The van der Waals surface area contributed by atoms with E-state index in [0.717, 1.165) is 0 Å². The zero-order chi connectivity index (χ0) is 14.0. The predicted octanol–water partition coefficient (Wildman–Crippen LogP) is 2.54. The van der Waals surface area contributed by atoms with E-state index in [4.69, 9.17) is 11.6 Å². The molecule has 0 aliphatic carbocycles. The molecule has 1 saturated heterocycles. The molecule has 0 saturated carbocycles. The highest BCUT2D eigenvalue weighted by molar-refractivity contribution is 6.29. The van der Waals surface area contributed by atoms with Crippen molar-refractivity contribution in [2.24, 2.45) is 5.92 Å². The van der Waals surface area contributed by atoms with Crippen molar-refractivity contribution in [3.8, 4) is 0 Å². The Morgan fingerprint density at radius 3 is 2.47 bits per heavy atom. The van der Waals surface area contributed by atoms with E-state index in [9.17, 15) is 18.0 Å². The second-order valence-corrected chi connectivity index (χ2v) is 4.72. The summed E-state index contributed by atoms with van der Waals surface area (Å²) < 4.78 is 37.5. The van der Waals surface area contributed by atoms with Gasteiger partial charge in [0.05, 0.1) is 18.3 Å². The summed E-state index contributed by atoms with van der Waals surface area (Å²) in [5.41, 5.74) is 0.0537. The van der Waals surface area contributed by atoms with E-state index < -0.39 is 18.0 Å². The van der Waals surface area contributed by atoms with Gasteiger partial charge in [-0.25, -0.2) is 4.98 Å². The highest BCUT2D eigenvalue weighted by atomic mass is 35.5. The lowest BCUT2D eigenvalue weighted by Gasteiger charge is -2.32. The van der Waals surface area contributed by atoms with Crippen LogP contribution in [0.25, 0.3) is 0 Å². The lowest BCUT2D eigenvalue weighted by Crippen LogP contribution is -2.42. The van der Waals surface area contributed by atoms with Gasteiger partial charge in [-0.1, -0.05) is 11.6 Å². The molecule has 0 N–H and O–H groups in total. The fourth-order valence-corrected chi connectivity index (χ4v) is 2.16. The van der Waals surface area contributed by atoms with Gasteiger partial charge in [-0.3, -0.25) is 9.78 Å². The molecular formula is C11H11ClF3N3O. The molecule has 2 heterocycles. The van der Waals surface area contributed by atoms with Gasteiger partial charge in [0.2, 0.25) is 0 Å². The Labute approximate surface area is 112 Å². The van der Waals surface area contributed by atoms with E-state index in [2.05, 4.69) is 9.97 Å². The van der Waals surface area contributed by atoms with Gasteiger partial charge in [-0.05, 0) is 12.8 Å². The number of likely N-dealkylation sites (tertiary alicyclic amines) is 1. The number of hydrogen-bond acceptors (Lipinski definition) is 3. The summed E-state index contributed by atoms with van der Waals surface area (Å²) in [6.07, 6.45) is -1.81. The van der Waals surface area contributed by atoms with E-state index >= 15 is 0 Å². The lowest BCUT2D eigenvalue weighted by molar-refractivity contribution is -0.183. The fraction of sp³-hybridized carbons (Fsp3) is 0.545. The number of alkyl halides is 3. The minimum atomic E-state index is -4.19. The van der Waals surface area contributed by atoms with Crippen molar-refractivity contribution in [1.29, 1.82) is 0 Å². The molecule has 0 spiro atoms. The zero-order valence-electron chi connectivity index (χ0n) is 9.82. The summed E-state index contributed by atoms with van der Waals surface area (Å²) in [4.78, 5) is 20.9. The standard InChI is InChI=1S/C11H11ClF3N3O/c12-9-6-16-5-8(17-9)10(19)18-3-1-7(2-4-18)11(13,14)15/h5-7H,1-4H2. The van der Waals surface area contributed by atoms with Crippen molar-refractivity contribution in [2.75, 3.05) is 13.1 Å². The lowest BCUT2D eigenvalue weighted by atomic mass is 9.96.